The molecule has 0 spiro atoms. The third-order valence-corrected chi connectivity index (χ3v) is 3.88. The molecule has 0 saturated heterocycles. The van der Waals surface area contributed by atoms with E-state index in [1.807, 2.05) is 45.9 Å². The average molecular weight is 302 g/mol. The highest BCUT2D eigenvalue weighted by atomic mass is 79.9. The number of aryl methyl sites for hydroxylation is 1. The van der Waals surface area contributed by atoms with Gasteiger partial charge in [0.05, 0.1) is 6.21 Å². The first kappa shape index (κ1) is 13.7. The molecule has 1 atom stereocenters. The monoisotopic (exact) mass is 301 g/mol. The van der Waals surface area contributed by atoms with Crippen molar-refractivity contribution in [1.82, 2.24) is 0 Å². The van der Waals surface area contributed by atoms with E-state index in [0.29, 0.717) is 0 Å². The third-order valence-electron chi connectivity index (χ3n) is 2.04. The predicted molar refractivity (Wildman–Crippen MR) is 74.4 cm³/mol. The molecule has 0 aliphatic heterocycles. The molecule has 0 bridgehead atoms. The van der Waals surface area contributed by atoms with Gasteiger partial charge in [-0.15, -0.1) is 0 Å². The van der Waals surface area contributed by atoms with Crippen LogP contribution in [0.4, 0.5) is 0 Å². The van der Waals surface area contributed by atoms with Crippen LogP contribution in [0.2, 0.25) is 0 Å². The lowest BCUT2D eigenvalue weighted by Gasteiger charge is -2.17. The Balaban J connectivity index is 2.85. The smallest absolute Gasteiger partial charge is 0.144 e. The molecule has 1 aromatic rings. The first-order valence-corrected chi connectivity index (χ1v) is 6.93. The van der Waals surface area contributed by atoms with Gasteiger partial charge in [-0.05, 0) is 45.4 Å². The van der Waals surface area contributed by atoms with Gasteiger partial charge in [0, 0.05) is 10.0 Å². The van der Waals surface area contributed by atoms with Gasteiger partial charge in [-0.25, -0.2) is 0 Å². The number of halogens is 1. The topological polar surface area (TPSA) is 35.4 Å². The van der Waals surface area contributed by atoms with Crippen LogP contribution in [0.3, 0.4) is 0 Å². The van der Waals surface area contributed by atoms with Gasteiger partial charge in [0.2, 0.25) is 0 Å². The molecule has 0 heterocycles. The number of rotatable bonds is 2. The van der Waals surface area contributed by atoms with Crippen molar-refractivity contribution in [2.24, 2.45) is 4.40 Å². The van der Waals surface area contributed by atoms with Crippen molar-refractivity contribution in [3.8, 4) is 0 Å². The summed E-state index contributed by atoms with van der Waals surface area (Å²) in [4.78, 5) is 0. The van der Waals surface area contributed by atoms with E-state index in [-0.39, 0.29) is 4.75 Å². The molecule has 0 aromatic heterocycles. The van der Waals surface area contributed by atoms with Crippen LogP contribution in [0.5, 0.6) is 0 Å². The minimum atomic E-state index is -1.19. The summed E-state index contributed by atoms with van der Waals surface area (Å²) in [5, 5.41) is 0. The van der Waals surface area contributed by atoms with Crippen LogP contribution in [0.15, 0.2) is 27.1 Å². The van der Waals surface area contributed by atoms with Crippen LogP contribution in [0, 0.1) is 6.92 Å². The average Bonchev–Trinajstić information content (AvgIpc) is 2.14. The molecule has 0 saturated carbocycles. The zero-order valence-electron chi connectivity index (χ0n) is 9.95. The summed E-state index contributed by atoms with van der Waals surface area (Å²) >= 11 is 2.21. The second-order valence-electron chi connectivity index (χ2n) is 4.60. The number of benzene rings is 1. The van der Waals surface area contributed by atoms with Crippen molar-refractivity contribution in [2.45, 2.75) is 32.4 Å². The van der Waals surface area contributed by atoms with Crippen LogP contribution in [0.1, 0.15) is 31.9 Å². The fourth-order valence-electron chi connectivity index (χ4n) is 1.05. The zero-order valence-corrected chi connectivity index (χ0v) is 12.4. The molecule has 0 radical (unpaired) electrons. The van der Waals surface area contributed by atoms with Crippen LogP contribution in [0.25, 0.3) is 0 Å². The SMILES string of the molecule is Cc1cc(Br)ccc1C=N[S@+]([O-])C(C)(C)C. The van der Waals surface area contributed by atoms with Crippen molar-refractivity contribution in [2.75, 3.05) is 0 Å². The Bertz CT molecular complexity index is 398. The zero-order chi connectivity index (χ0) is 12.3. The molecule has 2 nitrogen and oxygen atoms in total. The lowest BCUT2D eigenvalue weighted by Crippen LogP contribution is -2.25. The van der Waals surface area contributed by atoms with Crippen molar-refractivity contribution >= 4 is 33.5 Å². The third kappa shape index (κ3) is 3.92. The molecule has 0 fully saturated rings. The van der Waals surface area contributed by atoms with Gasteiger partial charge in [0.25, 0.3) is 0 Å². The first-order valence-electron chi connectivity index (χ1n) is 5.03. The molecule has 0 aliphatic rings. The van der Waals surface area contributed by atoms with Gasteiger partial charge in [-0.1, -0.05) is 26.4 Å². The van der Waals surface area contributed by atoms with Gasteiger partial charge >= 0.3 is 0 Å². The van der Waals surface area contributed by atoms with E-state index in [4.69, 9.17) is 0 Å². The van der Waals surface area contributed by atoms with Gasteiger partial charge in [-0.3, -0.25) is 0 Å². The van der Waals surface area contributed by atoms with E-state index in [2.05, 4.69) is 20.3 Å². The summed E-state index contributed by atoms with van der Waals surface area (Å²) in [7, 11) is 0. The van der Waals surface area contributed by atoms with Gasteiger partial charge in [-0.2, -0.15) is 0 Å². The Kier molecular flexibility index (Phi) is 4.59. The van der Waals surface area contributed by atoms with E-state index in [9.17, 15) is 4.55 Å². The van der Waals surface area contributed by atoms with Crippen LogP contribution >= 0.6 is 15.9 Å². The Morgan fingerprint density at radius 3 is 2.50 bits per heavy atom. The minimum absolute atomic E-state index is 0.306. The Labute approximate surface area is 109 Å². The fourth-order valence-corrected chi connectivity index (χ4v) is 2.05. The standard InChI is InChI=1S/C12H16BrNOS/c1-9-7-11(13)6-5-10(9)8-14-16(15)12(2,3)4/h5-8H,1-4H3/t16-/m1/s1. The van der Waals surface area contributed by atoms with E-state index in [1.165, 1.54) is 0 Å². The molecule has 88 valence electrons. The van der Waals surface area contributed by atoms with Gasteiger partial charge < -0.3 is 4.55 Å². The summed E-state index contributed by atoms with van der Waals surface area (Å²) in [6, 6.07) is 5.93. The Morgan fingerprint density at radius 2 is 2.00 bits per heavy atom. The molecule has 0 unspecified atom stereocenters. The minimum Gasteiger partial charge on any atom is -0.591 e. The van der Waals surface area contributed by atoms with E-state index in [0.717, 1.165) is 15.6 Å². The lowest BCUT2D eigenvalue weighted by molar-refractivity contribution is 0.562. The molecule has 16 heavy (non-hydrogen) atoms. The maximum absolute atomic E-state index is 11.7. The predicted octanol–water partition coefficient (Wildman–Crippen LogP) is 3.64. The van der Waals surface area contributed by atoms with Gasteiger partial charge in [0.15, 0.2) is 0 Å². The van der Waals surface area contributed by atoms with Gasteiger partial charge in [0.1, 0.15) is 16.1 Å². The van der Waals surface area contributed by atoms with Crippen molar-refractivity contribution < 1.29 is 4.55 Å². The summed E-state index contributed by atoms with van der Waals surface area (Å²) in [6.07, 6.45) is 1.68. The van der Waals surface area contributed by atoms with Crippen LogP contribution in [-0.2, 0) is 11.4 Å². The first-order chi connectivity index (χ1) is 7.30. The highest BCUT2D eigenvalue weighted by Gasteiger charge is 2.25. The summed E-state index contributed by atoms with van der Waals surface area (Å²) in [6.45, 7) is 7.74. The molecular formula is C12H16BrNOS. The Morgan fingerprint density at radius 1 is 1.38 bits per heavy atom. The fraction of sp³-hybridized carbons (Fsp3) is 0.417. The molecular weight excluding hydrogens is 286 g/mol. The van der Waals surface area contributed by atoms with Crippen molar-refractivity contribution in [1.29, 1.82) is 0 Å². The lowest BCUT2D eigenvalue weighted by atomic mass is 10.1. The molecule has 1 rings (SSSR count). The second kappa shape index (κ2) is 5.34. The van der Waals surface area contributed by atoms with E-state index in [1.54, 1.807) is 6.21 Å². The molecule has 0 amide bonds. The van der Waals surface area contributed by atoms with E-state index >= 15 is 0 Å². The van der Waals surface area contributed by atoms with Crippen LogP contribution < -0.4 is 0 Å². The molecule has 0 N–H and O–H groups in total. The quantitative estimate of drug-likeness (QED) is 0.607. The maximum atomic E-state index is 11.7. The largest absolute Gasteiger partial charge is 0.591 e. The normalized spacial score (nSPS) is 14.4. The molecule has 0 aliphatic carbocycles. The number of nitrogens with zero attached hydrogens (tertiary/aromatic N) is 1. The maximum Gasteiger partial charge on any atom is 0.144 e. The second-order valence-corrected chi connectivity index (χ2v) is 7.45. The molecule has 1 aromatic carbocycles. The van der Waals surface area contributed by atoms with Crippen molar-refractivity contribution in [3.05, 3.63) is 33.8 Å². The highest BCUT2D eigenvalue weighted by Crippen LogP contribution is 2.18. The summed E-state index contributed by atoms with van der Waals surface area (Å²) in [5.41, 5.74) is 2.12. The van der Waals surface area contributed by atoms with E-state index < -0.39 is 11.4 Å². The number of hydrogen-bond donors (Lipinski definition) is 0. The van der Waals surface area contributed by atoms with Crippen molar-refractivity contribution in [3.63, 3.8) is 0 Å². The summed E-state index contributed by atoms with van der Waals surface area (Å²) in [5.74, 6) is 0. The highest BCUT2D eigenvalue weighted by molar-refractivity contribution is 9.10. The molecule has 4 heteroatoms. The Hall–Kier alpha value is -0.320. The number of hydrogen-bond acceptors (Lipinski definition) is 2. The van der Waals surface area contributed by atoms with Crippen LogP contribution in [-0.4, -0.2) is 15.5 Å². The summed E-state index contributed by atoms with van der Waals surface area (Å²) < 4.78 is 16.5.